The molecule has 17 heavy (non-hydrogen) atoms. The Hall–Kier alpha value is -1.74. The molecule has 0 amide bonds. The van der Waals surface area contributed by atoms with Gasteiger partial charge in [0, 0.05) is 23.8 Å². The van der Waals surface area contributed by atoms with Gasteiger partial charge in [-0.3, -0.25) is 9.97 Å². The molecule has 2 rings (SSSR count). The van der Waals surface area contributed by atoms with E-state index in [0.717, 1.165) is 22.5 Å². The van der Waals surface area contributed by atoms with E-state index in [4.69, 9.17) is 4.74 Å². The first-order chi connectivity index (χ1) is 8.24. The van der Waals surface area contributed by atoms with Crippen molar-refractivity contribution >= 4 is 0 Å². The highest BCUT2D eigenvalue weighted by Crippen LogP contribution is 2.07. The predicted molar refractivity (Wildman–Crippen MR) is 66.4 cm³/mol. The van der Waals surface area contributed by atoms with Crippen LogP contribution in [-0.4, -0.2) is 9.97 Å². The van der Waals surface area contributed by atoms with Crippen LogP contribution >= 0.6 is 0 Å². The molecule has 2 aromatic heterocycles. The number of aryl methyl sites for hydroxylation is 2. The van der Waals surface area contributed by atoms with Gasteiger partial charge in [-0.05, 0) is 49.2 Å². The highest BCUT2D eigenvalue weighted by Gasteiger charge is 1.97. The van der Waals surface area contributed by atoms with Crippen molar-refractivity contribution < 1.29 is 4.74 Å². The normalized spacial score (nSPS) is 10.5. The first-order valence-electron chi connectivity index (χ1n) is 5.65. The molecule has 2 heterocycles. The van der Waals surface area contributed by atoms with Gasteiger partial charge in [-0.15, -0.1) is 0 Å². The number of hydrogen-bond acceptors (Lipinski definition) is 3. The molecule has 0 aliphatic rings. The summed E-state index contributed by atoms with van der Waals surface area (Å²) in [6.45, 7) is 5.20. The van der Waals surface area contributed by atoms with E-state index in [1.165, 1.54) is 0 Å². The second-order valence-electron chi connectivity index (χ2n) is 4.10. The molecule has 2 aromatic rings. The summed E-state index contributed by atoms with van der Waals surface area (Å²) >= 11 is 0. The molecule has 0 aliphatic heterocycles. The van der Waals surface area contributed by atoms with Gasteiger partial charge in [-0.1, -0.05) is 0 Å². The topological polar surface area (TPSA) is 35.0 Å². The maximum absolute atomic E-state index is 5.66. The smallest absolute Gasteiger partial charge is 0.0722 e. The fraction of sp³-hybridized carbons (Fsp3) is 0.286. The second kappa shape index (κ2) is 5.55. The Balaban J connectivity index is 1.87. The Morgan fingerprint density at radius 2 is 1.35 bits per heavy atom. The number of aromatic nitrogens is 2. The molecule has 0 fully saturated rings. The largest absolute Gasteiger partial charge is 0.372 e. The van der Waals surface area contributed by atoms with Gasteiger partial charge in [0.25, 0.3) is 0 Å². The maximum atomic E-state index is 5.66. The van der Waals surface area contributed by atoms with Crippen LogP contribution in [0.4, 0.5) is 0 Å². The van der Waals surface area contributed by atoms with Crippen molar-refractivity contribution in [3.63, 3.8) is 0 Å². The fourth-order valence-corrected chi connectivity index (χ4v) is 1.67. The Labute approximate surface area is 102 Å². The summed E-state index contributed by atoms with van der Waals surface area (Å²) in [6.07, 6.45) is 3.62. The standard InChI is InChI=1S/C14H16N2O/c1-11-7-13(3-5-15-11)9-17-10-14-4-6-16-12(2)8-14/h3-8H,9-10H2,1-2H3. The van der Waals surface area contributed by atoms with E-state index in [1.54, 1.807) is 0 Å². The molecule has 0 spiro atoms. The van der Waals surface area contributed by atoms with E-state index in [-0.39, 0.29) is 0 Å². The molecule has 0 saturated carbocycles. The molecule has 0 aromatic carbocycles. The van der Waals surface area contributed by atoms with Crippen molar-refractivity contribution in [2.24, 2.45) is 0 Å². The van der Waals surface area contributed by atoms with Crippen LogP contribution in [0.25, 0.3) is 0 Å². The van der Waals surface area contributed by atoms with Crippen LogP contribution in [-0.2, 0) is 18.0 Å². The van der Waals surface area contributed by atoms with Crippen molar-refractivity contribution in [1.82, 2.24) is 9.97 Å². The summed E-state index contributed by atoms with van der Waals surface area (Å²) in [5.74, 6) is 0. The van der Waals surface area contributed by atoms with Gasteiger partial charge in [-0.25, -0.2) is 0 Å². The molecule has 0 bridgehead atoms. The van der Waals surface area contributed by atoms with Gasteiger partial charge in [0.2, 0.25) is 0 Å². The second-order valence-corrected chi connectivity index (χ2v) is 4.10. The Morgan fingerprint density at radius 3 is 1.76 bits per heavy atom. The van der Waals surface area contributed by atoms with Crippen molar-refractivity contribution in [3.8, 4) is 0 Å². The molecule has 0 unspecified atom stereocenters. The lowest BCUT2D eigenvalue weighted by atomic mass is 10.2. The number of ether oxygens (including phenoxy) is 1. The molecule has 0 atom stereocenters. The molecule has 3 nitrogen and oxygen atoms in total. The molecule has 0 aliphatic carbocycles. The van der Waals surface area contributed by atoms with Crippen LogP contribution < -0.4 is 0 Å². The summed E-state index contributed by atoms with van der Waals surface area (Å²) in [7, 11) is 0. The van der Waals surface area contributed by atoms with E-state index >= 15 is 0 Å². The van der Waals surface area contributed by atoms with Gasteiger partial charge >= 0.3 is 0 Å². The SMILES string of the molecule is Cc1cc(COCc2ccnc(C)c2)ccn1. The Kier molecular flexibility index (Phi) is 3.83. The van der Waals surface area contributed by atoms with Gasteiger partial charge in [0.05, 0.1) is 13.2 Å². The van der Waals surface area contributed by atoms with E-state index in [9.17, 15) is 0 Å². The predicted octanol–water partition coefficient (Wildman–Crippen LogP) is 2.81. The first kappa shape index (κ1) is 11.7. The number of nitrogens with zero attached hydrogens (tertiary/aromatic N) is 2. The number of hydrogen-bond donors (Lipinski definition) is 0. The summed E-state index contributed by atoms with van der Waals surface area (Å²) in [5.41, 5.74) is 4.35. The zero-order chi connectivity index (χ0) is 12.1. The third-order valence-corrected chi connectivity index (χ3v) is 2.46. The highest BCUT2D eigenvalue weighted by atomic mass is 16.5. The zero-order valence-corrected chi connectivity index (χ0v) is 10.2. The van der Waals surface area contributed by atoms with Gasteiger partial charge in [-0.2, -0.15) is 0 Å². The molecular weight excluding hydrogens is 212 g/mol. The van der Waals surface area contributed by atoms with E-state index in [2.05, 4.69) is 9.97 Å². The van der Waals surface area contributed by atoms with Crippen molar-refractivity contribution in [1.29, 1.82) is 0 Å². The molecule has 0 saturated heterocycles. The zero-order valence-electron chi connectivity index (χ0n) is 10.2. The summed E-state index contributed by atoms with van der Waals surface area (Å²) in [4.78, 5) is 8.31. The quantitative estimate of drug-likeness (QED) is 0.807. The van der Waals surface area contributed by atoms with Gasteiger partial charge in [0.15, 0.2) is 0 Å². The fourth-order valence-electron chi connectivity index (χ4n) is 1.67. The molecule has 88 valence electrons. The lowest BCUT2D eigenvalue weighted by molar-refractivity contribution is 0.107. The van der Waals surface area contributed by atoms with E-state index in [0.29, 0.717) is 13.2 Å². The average molecular weight is 228 g/mol. The number of pyridine rings is 2. The van der Waals surface area contributed by atoms with Crippen LogP contribution in [0.1, 0.15) is 22.5 Å². The summed E-state index contributed by atoms with van der Waals surface area (Å²) in [6, 6.07) is 8.03. The van der Waals surface area contributed by atoms with E-state index < -0.39 is 0 Å². The third-order valence-electron chi connectivity index (χ3n) is 2.46. The maximum Gasteiger partial charge on any atom is 0.0722 e. The van der Waals surface area contributed by atoms with Crippen LogP contribution in [0.3, 0.4) is 0 Å². The van der Waals surface area contributed by atoms with Crippen LogP contribution in [0.2, 0.25) is 0 Å². The van der Waals surface area contributed by atoms with Gasteiger partial charge in [0.1, 0.15) is 0 Å². The van der Waals surface area contributed by atoms with Crippen LogP contribution in [0.15, 0.2) is 36.7 Å². The van der Waals surface area contributed by atoms with Crippen LogP contribution in [0.5, 0.6) is 0 Å². The van der Waals surface area contributed by atoms with Crippen molar-refractivity contribution in [2.45, 2.75) is 27.1 Å². The molecule has 0 N–H and O–H groups in total. The third kappa shape index (κ3) is 3.64. The minimum atomic E-state index is 0.616. The highest BCUT2D eigenvalue weighted by molar-refractivity contribution is 5.16. The average Bonchev–Trinajstić information content (AvgIpc) is 2.29. The number of rotatable bonds is 4. The van der Waals surface area contributed by atoms with Gasteiger partial charge < -0.3 is 4.74 Å². The molecule has 3 heteroatoms. The minimum absolute atomic E-state index is 0.616. The van der Waals surface area contributed by atoms with Crippen molar-refractivity contribution in [3.05, 3.63) is 59.2 Å². The first-order valence-corrected chi connectivity index (χ1v) is 5.65. The summed E-state index contributed by atoms with van der Waals surface area (Å²) in [5, 5.41) is 0. The lowest BCUT2D eigenvalue weighted by Crippen LogP contribution is -1.96. The monoisotopic (exact) mass is 228 g/mol. The van der Waals surface area contributed by atoms with E-state index in [1.807, 2.05) is 50.5 Å². The van der Waals surface area contributed by atoms with Crippen LogP contribution in [0, 0.1) is 13.8 Å². The molecule has 0 radical (unpaired) electrons. The lowest BCUT2D eigenvalue weighted by Gasteiger charge is -2.05. The molecular formula is C14H16N2O. The summed E-state index contributed by atoms with van der Waals surface area (Å²) < 4.78 is 5.66. The van der Waals surface area contributed by atoms with Crippen molar-refractivity contribution in [2.75, 3.05) is 0 Å². The Bertz CT molecular complexity index is 452. The minimum Gasteiger partial charge on any atom is -0.372 e. The Morgan fingerprint density at radius 1 is 0.882 bits per heavy atom.